The van der Waals surface area contributed by atoms with Crippen molar-refractivity contribution < 1.29 is 13.9 Å². The number of amides is 1. The molecule has 0 saturated heterocycles. The minimum atomic E-state index is -0.354. The Balaban J connectivity index is 1.18. The molecule has 0 radical (unpaired) electrons. The zero-order chi connectivity index (χ0) is 22.6. The molecule has 0 aliphatic rings. The second-order valence-electron chi connectivity index (χ2n) is 7.91. The highest BCUT2D eigenvalue weighted by atomic mass is 16.5. The summed E-state index contributed by atoms with van der Waals surface area (Å²) < 4.78 is 13.3. The number of fused-ring (bicyclic) bond motifs is 1. The first kappa shape index (κ1) is 20.6. The Labute approximate surface area is 191 Å². The average Bonchev–Trinajstić information content (AvgIpc) is 3.47. The molecular weight excluding hydrogens is 414 g/mol. The summed E-state index contributed by atoms with van der Waals surface area (Å²) in [4.78, 5) is 12.6. The van der Waals surface area contributed by atoms with Crippen molar-refractivity contribution in [1.29, 1.82) is 0 Å². The summed E-state index contributed by atoms with van der Waals surface area (Å²) in [5.74, 6) is 1.64. The van der Waals surface area contributed by atoms with Crippen LogP contribution in [0.25, 0.3) is 10.8 Å². The molecule has 3 aromatic carbocycles. The van der Waals surface area contributed by atoms with E-state index in [-0.39, 0.29) is 18.3 Å². The van der Waals surface area contributed by atoms with Gasteiger partial charge in [-0.05, 0) is 47.5 Å². The molecule has 0 aliphatic carbocycles. The van der Waals surface area contributed by atoms with Gasteiger partial charge in [0.05, 0.1) is 6.54 Å². The lowest BCUT2D eigenvalue weighted by Crippen LogP contribution is -2.12. The lowest BCUT2D eigenvalue weighted by Gasteiger charge is -2.06. The molecule has 0 atom stereocenters. The molecule has 2 aromatic heterocycles. The minimum absolute atomic E-state index is 0.209. The number of aromatic nitrogens is 2. The van der Waals surface area contributed by atoms with Gasteiger partial charge < -0.3 is 14.5 Å². The van der Waals surface area contributed by atoms with E-state index in [1.807, 2.05) is 48.7 Å². The predicted molar refractivity (Wildman–Crippen MR) is 127 cm³/mol. The second-order valence-corrected chi connectivity index (χ2v) is 7.91. The molecule has 0 fully saturated rings. The van der Waals surface area contributed by atoms with Crippen LogP contribution in [0.5, 0.6) is 5.75 Å². The summed E-state index contributed by atoms with van der Waals surface area (Å²) in [6.07, 6.45) is 1.84. The first-order chi connectivity index (χ1) is 16.1. The number of hydrogen-bond acceptors (Lipinski definition) is 4. The maximum Gasteiger partial charge on any atom is 0.292 e. The van der Waals surface area contributed by atoms with Crippen LogP contribution in [0, 0.1) is 6.92 Å². The number of furan rings is 1. The van der Waals surface area contributed by atoms with Gasteiger partial charge in [0.25, 0.3) is 5.91 Å². The number of nitrogens with one attached hydrogen (secondary N) is 1. The van der Waals surface area contributed by atoms with Crippen molar-refractivity contribution in [1.82, 2.24) is 9.78 Å². The number of nitrogens with zero attached hydrogens (tertiary/aromatic N) is 2. The number of benzene rings is 3. The molecule has 5 aromatic rings. The van der Waals surface area contributed by atoms with E-state index < -0.39 is 0 Å². The monoisotopic (exact) mass is 437 g/mol. The number of rotatable bonds is 7. The first-order valence-electron chi connectivity index (χ1n) is 10.7. The lowest BCUT2D eigenvalue weighted by molar-refractivity contribution is 0.0992. The van der Waals surface area contributed by atoms with Crippen LogP contribution in [-0.4, -0.2) is 15.7 Å². The summed E-state index contributed by atoms with van der Waals surface area (Å²) in [7, 11) is 0. The Morgan fingerprint density at radius 2 is 1.85 bits per heavy atom. The van der Waals surface area contributed by atoms with Gasteiger partial charge in [-0.15, -0.1) is 0 Å². The zero-order valence-corrected chi connectivity index (χ0v) is 18.2. The van der Waals surface area contributed by atoms with E-state index >= 15 is 0 Å². The van der Waals surface area contributed by atoms with E-state index in [1.54, 1.807) is 22.9 Å². The maximum absolute atomic E-state index is 12.6. The molecular formula is C27H23N3O3. The quantitative estimate of drug-likeness (QED) is 0.348. The van der Waals surface area contributed by atoms with Gasteiger partial charge in [-0.25, -0.2) is 0 Å². The number of carbonyl (C=O) groups excluding carboxylic acids is 1. The average molecular weight is 437 g/mol. The number of aryl methyl sites for hydroxylation is 1. The molecule has 1 amide bonds. The van der Waals surface area contributed by atoms with Crippen LogP contribution < -0.4 is 10.1 Å². The summed E-state index contributed by atoms with van der Waals surface area (Å²) >= 11 is 0. The summed E-state index contributed by atoms with van der Waals surface area (Å²) in [6, 6.07) is 27.4. The van der Waals surface area contributed by atoms with Crippen molar-refractivity contribution in [3.8, 4) is 5.75 Å². The molecule has 1 N–H and O–H groups in total. The van der Waals surface area contributed by atoms with Crippen LogP contribution >= 0.6 is 0 Å². The SMILES string of the molecule is Cc1cccc(Cn2ccc(NC(=O)c3ccc(COc4ccc5ccccc5c4)o3)n2)c1. The van der Waals surface area contributed by atoms with Gasteiger partial charge in [0, 0.05) is 12.3 Å². The van der Waals surface area contributed by atoms with Gasteiger partial charge in [0.15, 0.2) is 11.6 Å². The summed E-state index contributed by atoms with van der Waals surface area (Å²) in [5.41, 5.74) is 2.35. The Morgan fingerprint density at radius 1 is 0.970 bits per heavy atom. The molecule has 164 valence electrons. The van der Waals surface area contributed by atoms with Crippen molar-refractivity contribution in [3.05, 3.63) is 114 Å². The van der Waals surface area contributed by atoms with Crippen LogP contribution in [0.3, 0.4) is 0 Å². The Morgan fingerprint density at radius 3 is 2.73 bits per heavy atom. The third-order valence-corrected chi connectivity index (χ3v) is 5.30. The lowest BCUT2D eigenvalue weighted by atomic mass is 10.1. The van der Waals surface area contributed by atoms with Crippen LogP contribution in [0.1, 0.15) is 27.4 Å². The predicted octanol–water partition coefficient (Wildman–Crippen LogP) is 5.82. The van der Waals surface area contributed by atoms with Gasteiger partial charge in [-0.3, -0.25) is 9.48 Å². The number of ether oxygens (including phenoxy) is 1. The van der Waals surface area contributed by atoms with Gasteiger partial charge >= 0.3 is 0 Å². The fraction of sp³-hybridized carbons (Fsp3) is 0.111. The Kier molecular flexibility index (Phi) is 5.64. The molecule has 2 heterocycles. The van der Waals surface area contributed by atoms with E-state index in [0.29, 0.717) is 18.1 Å². The molecule has 0 spiro atoms. The van der Waals surface area contributed by atoms with Crippen molar-refractivity contribution in [3.63, 3.8) is 0 Å². The molecule has 0 saturated carbocycles. The third-order valence-electron chi connectivity index (χ3n) is 5.30. The second kappa shape index (κ2) is 9.04. The standard InChI is InChI=1S/C27H23N3O3/c1-19-5-4-6-20(15-19)17-30-14-13-26(29-30)28-27(31)25-12-11-24(33-25)18-32-23-10-9-21-7-2-3-8-22(21)16-23/h2-16H,17-18H2,1H3,(H,28,29,31). The number of hydrogen-bond donors (Lipinski definition) is 1. The molecule has 33 heavy (non-hydrogen) atoms. The van der Waals surface area contributed by atoms with Crippen molar-refractivity contribution in [2.24, 2.45) is 0 Å². The molecule has 0 unspecified atom stereocenters. The Bertz CT molecular complexity index is 1420. The molecule has 6 nitrogen and oxygen atoms in total. The summed E-state index contributed by atoms with van der Waals surface area (Å²) in [5, 5.41) is 9.47. The van der Waals surface area contributed by atoms with Crippen LogP contribution in [0.2, 0.25) is 0 Å². The van der Waals surface area contributed by atoms with E-state index in [2.05, 4.69) is 41.6 Å². The minimum Gasteiger partial charge on any atom is -0.486 e. The molecule has 5 rings (SSSR count). The van der Waals surface area contributed by atoms with E-state index in [9.17, 15) is 4.79 Å². The third kappa shape index (κ3) is 4.96. The number of anilines is 1. The fourth-order valence-corrected chi connectivity index (χ4v) is 3.68. The molecule has 0 aliphatic heterocycles. The van der Waals surface area contributed by atoms with Crippen LogP contribution in [-0.2, 0) is 13.2 Å². The van der Waals surface area contributed by atoms with E-state index in [4.69, 9.17) is 9.15 Å². The van der Waals surface area contributed by atoms with Crippen molar-refractivity contribution in [2.75, 3.05) is 5.32 Å². The van der Waals surface area contributed by atoms with Crippen molar-refractivity contribution >= 4 is 22.5 Å². The molecule has 0 bridgehead atoms. The normalized spacial score (nSPS) is 10.9. The van der Waals surface area contributed by atoms with Crippen LogP contribution in [0.15, 0.2) is 95.5 Å². The largest absolute Gasteiger partial charge is 0.486 e. The topological polar surface area (TPSA) is 69.3 Å². The number of carbonyl (C=O) groups is 1. The van der Waals surface area contributed by atoms with Crippen molar-refractivity contribution in [2.45, 2.75) is 20.1 Å². The highest BCUT2D eigenvalue weighted by Crippen LogP contribution is 2.22. The highest BCUT2D eigenvalue weighted by molar-refractivity contribution is 6.01. The zero-order valence-electron chi connectivity index (χ0n) is 18.2. The van der Waals surface area contributed by atoms with E-state index in [0.717, 1.165) is 22.1 Å². The maximum atomic E-state index is 12.6. The van der Waals surface area contributed by atoms with E-state index in [1.165, 1.54) is 5.56 Å². The van der Waals surface area contributed by atoms with Crippen LogP contribution in [0.4, 0.5) is 5.82 Å². The van der Waals surface area contributed by atoms with Gasteiger partial charge in [-0.2, -0.15) is 5.10 Å². The Hall–Kier alpha value is -4.32. The van der Waals surface area contributed by atoms with Gasteiger partial charge in [-0.1, -0.05) is 60.2 Å². The van der Waals surface area contributed by atoms with Gasteiger partial charge in [0.1, 0.15) is 18.1 Å². The van der Waals surface area contributed by atoms with Gasteiger partial charge in [0.2, 0.25) is 0 Å². The fourth-order valence-electron chi connectivity index (χ4n) is 3.68. The first-order valence-corrected chi connectivity index (χ1v) is 10.7. The smallest absolute Gasteiger partial charge is 0.292 e. The molecule has 6 heteroatoms. The highest BCUT2D eigenvalue weighted by Gasteiger charge is 2.13. The summed E-state index contributed by atoms with van der Waals surface area (Å²) in [6.45, 7) is 2.92.